The van der Waals surface area contributed by atoms with Gasteiger partial charge in [-0.2, -0.15) is 0 Å². The third-order valence-corrected chi connectivity index (χ3v) is 4.72. The molecule has 3 rings (SSSR count). The fourth-order valence-electron chi connectivity index (χ4n) is 3.23. The van der Waals surface area contributed by atoms with Gasteiger partial charge in [0, 0.05) is 12.6 Å². The average Bonchev–Trinajstić information content (AvgIpc) is 2.75. The second kappa shape index (κ2) is 9.30. The average molecular weight is 414 g/mol. The van der Waals surface area contributed by atoms with Gasteiger partial charge >= 0.3 is 12.0 Å². The highest BCUT2D eigenvalue weighted by atomic mass is 19.1. The van der Waals surface area contributed by atoms with Gasteiger partial charge in [0.25, 0.3) is 0 Å². The SMILES string of the molecule is CCOC(=O)C1=C(COc2ccccc2F)N(C)C(=O)NC1c1ccccc1OC. The number of nitrogens with one attached hydrogen (secondary N) is 1. The van der Waals surface area contributed by atoms with E-state index >= 15 is 0 Å². The van der Waals surface area contributed by atoms with E-state index in [9.17, 15) is 14.0 Å². The molecule has 2 aromatic carbocycles. The number of halogens is 1. The maximum Gasteiger partial charge on any atom is 0.338 e. The van der Waals surface area contributed by atoms with E-state index in [4.69, 9.17) is 14.2 Å². The van der Waals surface area contributed by atoms with Crippen LogP contribution in [0.25, 0.3) is 0 Å². The number of carbonyl (C=O) groups excluding carboxylic acids is 2. The lowest BCUT2D eigenvalue weighted by molar-refractivity contribution is -0.139. The van der Waals surface area contributed by atoms with Crippen molar-refractivity contribution in [3.8, 4) is 11.5 Å². The monoisotopic (exact) mass is 414 g/mol. The number of amides is 2. The van der Waals surface area contributed by atoms with Crippen LogP contribution in [0.5, 0.6) is 11.5 Å². The van der Waals surface area contributed by atoms with Crippen LogP contribution in [0.15, 0.2) is 59.8 Å². The Hall–Kier alpha value is -3.55. The van der Waals surface area contributed by atoms with Crippen LogP contribution >= 0.6 is 0 Å². The van der Waals surface area contributed by atoms with Crippen molar-refractivity contribution in [2.45, 2.75) is 13.0 Å². The molecule has 1 aliphatic heterocycles. The summed E-state index contributed by atoms with van der Waals surface area (Å²) >= 11 is 0. The number of carbonyl (C=O) groups is 2. The first-order chi connectivity index (χ1) is 14.5. The van der Waals surface area contributed by atoms with Crippen LogP contribution in [-0.4, -0.2) is 44.3 Å². The van der Waals surface area contributed by atoms with Gasteiger partial charge in [-0.3, -0.25) is 4.90 Å². The van der Waals surface area contributed by atoms with Gasteiger partial charge in [-0.05, 0) is 25.1 Å². The van der Waals surface area contributed by atoms with E-state index in [0.29, 0.717) is 11.3 Å². The Labute approximate surface area is 174 Å². The standard InChI is InChI=1S/C22H23FN2O5/c1-4-29-21(26)19-16(13-30-18-12-8-6-10-15(18)23)25(2)22(27)24-20(19)14-9-5-7-11-17(14)28-3/h5-12,20H,4,13H2,1-3H3,(H,24,27). The number of para-hydroxylation sites is 2. The molecule has 2 aromatic rings. The summed E-state index contributed by atoms with van der Waals surface area (Å²) in [6.45, 7) is 1.64. The molecule has 1 N–H and O–H groups in total. The Morgan fingerprint density at radius 1 is 1.13 bits per heavy atom. The zero-order chi connectivity index (χ0) is 21.7. The molecule has 1 unspecified atom stereocenters. The van der Waals surface area contributed by atoms with Crippen LogP contribution in [0, 0.1) is 5.82 Å². The van der Waals surface area contributed by atoms with Crippen molar-refractivity contribution in [1.82, 2.24) is 10.2 Å². The molecule has 8 heteroatoms. The molecule has 158 valence electrons. The van der Waals surface area contributed by atoms with Crippen LogP contribution in [0.3, 0.4) is 0 Å². The molecule has 0 aliphatic carbocycles. The maximum absolute atomic E-state index is 14.0. The molecule has 0 aromatic heterocycles. The number of nitrogens with zero attached hydrogens (tertiary/aromatic N) is 1. The second-order valence-electron chi connectivity index (χ2n) is 6.48. The topological polar surface area (TPSA) is 77.1 Å². The van der Waals surface area contributed by atoms with E-state index < -0.39 is 23.9 Å². The smallest absolute Gasteiger partial charge is 0.338 e. The van der Waals surface area contributed by atoms with Gasteiger partial charge in [0.15, 0.2) is 11.6 Å². The van der Waals surface area contributed by atoms with Crippen molar-refractivity contribution in [2.75, 3.05) is 27.4 Å². The highest BCUT2D eigenvalue weighted by Gasteiger charge is 2.38. The van der Waals surface area contributed by atoms with Crippen molar-refractivity contribution in [3.63, 3.8) is 0 Å². The number of methoxy groups -OCH3 is 1. The molecule has 1 atom stereocenters. The van der Waals surface area contributed by atoms with Crippen molar-refractivity contribution in [1.29, 1.82) is 0 Å². The van der Waals surface area contributed by atoms with Crippen molar-refractivity contribution in [2.24, 2.45) is 0 Å². The Balaban J connectivity index is 2.08. The van der Waals surface area contributed by atoms with Gasteiger partial charge in [-0.15, -0.1) is 0 Å². The number of urea groups is 1. The summed E-state index contributed by atoms with van der Waals surface area (Å²) in [6, 6.07) is 11.7. The van der Waals surface area contributed by atoms with Gasteiger partial charge in [0.1, 0.15) is 12.4 Å². The first-order valence-corrected chi connectivity index (χ1v) is 9.42. The van der Waals surface area contributed by atoms with E-state index in [1.165, 1.54) is 31.2 Å². The highest BCUT2D eigenvalue weighted by Crippen LogP contribution is 2.35. The van der Waals surface area contributed by atoms with E-state index in [1.54, 1.807) is 43.3 Å². The molecule has 0 saturated heterocycles. The minimum absolute atomic E-state index is 0.0152. The molecule has 0 spiro atoms. The number of hydrogen-bond acceptors (Lipinski definition) is 5. The quantitative estimate of drug-likeness (QED) is 0.703. The van der Waals surface area contributed by atoms with Crippen LogP contribution in [0.2, 0.25) is 0 Å². The molecule has 30 heavy (non-hydrogen) atoms. The second-order valence-corrected chi connectivity index (χ2v) is 6.48. The first-order valence-electron chi connectivity index (χ1n) is 9.42. The van der Waals surface area contributed by atoms with Gasteiger partial charge in [-0.1, -0.05) is 30.3 Å². The predicted octanol–water partition coefficient (Wildman–Crippen LogP) is 3.43. The summed E-state index contributed by atoms with van der Waals surface area (Å²) in [6.07, 6.45) is 0. The Morgan fingerprint density at radius 3 is 2.47 bits per heavy atom. The number of ether oxygens (including phenoxy) is 3. The minimum Gasteiger partial charge on any atom is -0.496 e. The lowest BCUT2D eigenvalue weighted by atomic mass is 9.94. The number of esters is 1. The van der Waals surface area contributed by atoms with Gasteiger partial charge < -0.3 is 19.5 Å². The minimum atomic E-state index is -0.817. The number of rotatable bonds is 7. The molecular formula is C22H23FN2O5. The van der Waals surface area contributed by atoms with Gasteiger partial charge in [-0.25, -0.2) is 14.0 Å². The Kier molecular flexibility index (Phi) is 6.56. The predicted molar refractivity (Wildman–Crippen MR) is 108 cm³/mol. The summed E-state index contributed by atoms with van der Waals surface area (Å²) < 4.78 is 30.3. The van der Waals surface area contributed by atoms with Crippen LogP contribution in [-0.2, 0) is 9.53 Å². The molecule has 7 nitrogen and oxygen atoms in total. The van der Waals surface area contributed by atoms with Crippen LogP contribution in [0.1, 0.15) is 18.5 Å². The van der Waals surface area contributed by atoms with Crippen molar-refractivity contribution < 1.29 is 28.2 Å². The lowest BCUT2D eigenvalue weighted by Crippen LogP contribution is -2.48. The van der Waals surface area contributed by atoms with E-state index in [0.717, 1.165) is 0 Å². The third-order valence-electron chi connectivity index (χ3n) is 4.72. The van der Waals surface area contributed by atoms with E-state index in [2.05, 4.69) is 5.32 Å². The fraction of sp³-hybridized carbons (Fsp3) is 0.273. The zero-order valence-electron chi connectivity index (χ0n) is 17.0. The van der Waals surface area contributed by atoms with Crippen molar-refractivity contribution >= 4 is 12.0 Å². The summed E-state index contributed by atoms with van der Waals surface area (Å²) in [7, 11) is 3.01. The molecule has 2 amide bonds. The lowest BCUT2D eigenvalue weighted by Gasteiger charge is -2.34. The maximum atomic E-state index is 14.0. The Bertz CT molecular complexity index is 976. The molecule has 0 bridgehead atoms. The highest BCUT2D eigenvalue weighted by molar-refractivity contribution is 5.95. The van der Waals surface area contributed by atoms with E-state index in [-0.39, 0.29) is 30.2 Å². The number of likely N-dealkylation sites (N-methyl/N-ethyl adjacent to an activating group) is 1. The van der Waals surface area contributed by atoms with Crippen LogP contribution in [0.4, 0.5) is 9.18 Å². The number of benzene rings is 2. The summed E-state index contributed by atoms with van der Waals surface area (Å²) in [5.41, 5.74) is 1.06. The summed E-state index contributed by atoms with van der Waals surface area (Å²) in [5.74, 6) is -0.627. The van der Waals surface area contributed by atoms with E-state index in [1.807, 2.05) is 0 Å². The van der Waals surface area contributed by atoms with Gasteiger partial charge in [0.05, 0.1) is 31.0 Å². The van der Waals surface area contributed by atoms with Gasteiger partial charge in [0.2, 0.25) is 0 Å². The molecule has 1 heterocycles. The first kappa shape index (κ1) is 21.2. The molecule has 0 fully saturated rings. The fourth-order valence-corrected chi connectivity index (χ4v) is 3.23. The van der Waals surface area contributed by atoms with Crippen molar-refractivity contribution in [3.05, 3.63) is 71.2 Å². The molecule has 1 aliphatic rings. The third kappa shape index (κ3) is 4.22. The normalized spacial score (nSPS) is 16.2. The zero-order valence-corrected chi connectivity index (χ0v) is 17.0. The largest absolute Gasteiger partial charge is 0.496 e. The molecular weight excluding hydrogens is 391 g/mol. The molecule has 0 radical (unpaired) electrons. The number of hydrogen-bond donors (Lipinski definition) is 1. The summed E-state index contributed by atoms with van der Waals surface area (Å²) in [4.78, 5) is 26.8. The summed E-state index contributed by atoms with van der Waals surface area (Å²) in [5, 5.41) is 2.80. The van der Waals surface area contributed by atoms with Crippen LogP contribution < -0.4 is 14.8 Å². The molecule has 0 saturated carbocycles. The Morgan fingerprint density at radius 2 is 1.80 bits per heavy atom.